The molecule has 3 aromatic carbocycles. The highest BCUT2D eigenvalue weighted by atomic mass is 19.1. The zero-order chi connectivity index (χ0) is 16.0. The number of aromatic nitrogens is 1. The molecule has 0 spiro atoms. The monoisotopic (exact) mass is 309 g/mol. The van der Waals surface area contributed by atoms with E-state index >= 15 is 0 Å². The van der Waals surface area contributed by atoms with Crippen LogP contribution in [0.25, 0.3) is 32.9 Å². The summed E-state index contributed by atoms with van der Waals surface area (Å²) in [5.74, 6) is -1.16. The molecule has 0 aliphatic rings. The van der Waals surface area contributed by atoms with Crippen LogP contribution in [0.5, 0.6) is 0 Å². The van der Waals surface area contributed by atoms with Crippen molar-refractivity contribution in [1.29, 1.82) is 0 Å². The summed E-state index contributed by atoms with van der Waals surface area (Å²) in [5, 5.41) is 1.47. The smallest absolute Gasteiger partial charge is 0.125 e. The molecule has 0 bridgehead atoms. The summed E-state index contributed by atoms with van der Waals surface area (Å²) in [7, 11) is 0. The van der Waals surface area contributed by atoms with Crippen LogP contribution in [0.3, 0.4) is 0 Å². The number of fused-ring (bicyclic) bond motifs is 2. The lowest BCUT2D eigenvalue weighted by Crippen LogP contribution is -1.91. The lowest BCUT2D eigenvalue weighted by Gasteiger charge is -2.11. The van der Waals surface area contributed by atoms with Crippen LogP contribution in [0.15, 0.2) is 60.7 Å². The van der Waals surface area contributed by atoms with Crippen LogP contribution in [-0.4, -0.2) is 4.98 Å². The SMILES string of the molecule is Fc1ccc(-c2c3ccc(F)cc3nc3cc(F)ccc23)cc1. The summed E-state index contributed by atoms with van der Waals surface area (Å²) < 4.78 is 40.3. The Morgan fingerprint density at radius 3 is 1.57 bits per heavy atom. The maximum Gasteiger partial charge on any atom is 0.125 e. The standard InChI is InChI=1S/C19H10F3N/c20-12-3-1-11(2-4-12)19-15-7-5-13(21)9-17(15)23-18-10-14(22)6-8-16(18)19/h1-10H. The van der Waals surface area contributed by atoms with Crippen molar-refractivity contribution >= 4 is 21.8 Å². The first-order valence-corrected chi connectivity index (χ1v) is 7.06. The van der Waals surface area contributed by atoms with E-state index in [1.54, 1.807) is 24.3 Å². The zero-order valence-corrected chi connectivity index (χ0v) is 11.9. The fourth-order valence-electron chi connectivity index (χ4n) is 2.82. The molecule has 112 valence electrons. The molecule has 0 aliphatic carbocycles. The summed E-state index contributed by atoms with van der Waals surface area (Å²) in [6.45, 7) is 0. The van der Waals surface area contributed by atoms with E-state index in [0.29, 0.717) is 11.0 Å². The topological polar surface area (TPSA) is 12.9 Å². The van der Waals surface area contributed by atoms with Gasteiger partial charge < -0.3 is 0 Å². The normalized spacial score (nSPS) is 11.3. The molecule has 0 N–H and O–H groups in total. The van der Waals surface area contributed by atoms with Gasteiger partial charge in [-0.3, -0.25) is 0 Å². The second kappa shape index (κ2) is 5.09. The van der Waals surface area contributed by atoms with Crippen LogP contribution in [-0.2, 0) is 0 Å². The van der Waals surface area contributed by atoms with Gasteiger partial charge in [0.2, 0.25) is 0 Å². The van der Waals surface area contributed by atoms with E-state index in [1.165, 1.54) is 36.4 Å². The van der Waals surface area contributed by atoms with Gasteiger partial charge in [0.25, 0.3) is 0 Å². The first kappa shape index (κ1) is 13.8. The maximum atomic E-state index is 13.5. The van der Waals surface area contributed by atoms with Gasteiger partial charge in [-0.15, -0.1) is 0 Å². The molecule has 1 nitrogen and oxygen atoms in total. The lowest BCUT2D eigenvalue weighted by molar-refractivity contribution is 0.628. The largest absolute Gasteiger partial charge is 0.248 e. The lowest BCUT2D eigenvalue weighted by atomic mass is 9.96. The minimum atomic E-state index is -0.411. The Morgan fingerprint density at radius 2 is 1.04 bits per heavy atom. The van der Waals surface area contributed by atoms with E-state index in [4.69, 9.17) is 0 Å². The minimum absolute atomic E-state index is 0.339. The Morgan fingerprint density at radius 1 is 0.565 bits per heavy atom. The molecule has 1 heterocycles. The first-order valence-electron chi connectivity index (χ1n) is 7.06. The van der Waals surface area contributed by atoms with E-state index in [9.17, 15) is 13.2 Å². The molecular formula is C19H10F3N. The Labute approximate surface area is 130 Å². The molecule has 23 heavy (non-hydrogen) atoms. The van der Waals surface area contributed by atoms with E-state index < -0.39 is 11.6 Å². The number of rotatable bonds is 1. The van der Waals surface area contributed by atoms with Crippen LogP contribution < -0.4 is 0 Å². The van der Waals surface area contributed by atoms with Gasteiger partial charge in [0.1, 0.15) is 17.5 Å². The average molecular weight is 309 g/mol. The van der Waals surface area contributed by atoms with Crippen molar-refractivity contribution < 1.29 is 13.2 Å². The third-order valence-electron chi connectivity index (χ3n) is 3.83. The Bertz CT molecular complexity index is 980. The van der Waals surface area contributed by atoms with Crippen molar-refractivity contribution in [2.45, 2.75) is 0 Å². The van der Waals surface area contributed by atoms with Gasteiger partial charge in [-0.2, -0.15) is 0 Å². The van der Waals surface area contributed by atoms with E-state index in [-0.39, 0.29) is 5.82 Å². The van der Waals surface area contributed by atoms with Gasteiger partial charge in [0.05, 0.1) is 11.0 Å². The van der Waals surface area contributed by atoms with Gasteiger partial charge in [-0.25, -0.2) is 18.2 Å². The van der Waals surface area contributed by atoms with Crippen molar-refractivity contribution in [3.05, 3.63) is 78.1 Å². The fraction of sp³-hybridized carbons (Fsp3) is 0. The summed E-state index contributed by atoms with van der Waals surface area (Å²) >= 11 is 0. The number of halogens is 3. The Balaban J connectivity index is 2.18. The molecule has 4 heteroatoms. The Kier molecular flexibility index (Phi) is 3.05. The van der Waals surface area contributed by atoms with Crippen LogP contribution in [0, 0.1) is 17.5 Å². The fourth-order valence-corrected chi connectivity index (χ4v) is 2.82. The van der Waals surface area contributed by atoms with Crippen molar-refractivity contribution in [2.24, 2.45) is 0 Å². The van der Waals surface area contributed by atoms with Gasteiger partial charge in [0, 0.05) is 28.5 Å². The summed E-state index contributed by atoms with van der Waals surface area (Å²) in [6, 6.07) is 14.6. The van der Waals surface area contributed by atoms with Crippen LogP contribution in [0.2, 0.25) is 0 Å². The third-order valence-corrected chi connectivity index (χ3v) is 3.83. The molecular weight excluding hydrogens is 299 g/mol. The van der Waals surface area contributed by atoms with Crippen LogP contribution in [0.4, 0.5) is 13.2 Å². The predicted molar refractivity (Wildman–Crippen MR) is 84.6 cm³/mol. The number of benzene rings is 3. The van der Waals surface area contributed by atoms with E-state index in [1.807, 2.05) is 0 Å². The molecule has 1 aromatic heterocycles. The van der Waals surface area contributed by atoms with Crippen LogP contribution >= 0.6 is 0 Å². The quantitative estimate of drug-likeness (QED) is 0.425. The number of hydrogen-bond donors (Lipinski definition) is 0. The van der Waals surface area contributed by atoms with Gasteiger partial charge in [-0.1, -0.05) is 12.1 Å². The second-order valence-corrected chi connectivity index (χ2v) is 5.32. The van der Waals surface area contributed by atoms with Crippen molar-refractivity contribution in [3.8, 4) is 11.1 Å². The van der Waals surface area contributed by atoms with Gasteiger partial charge in [0.15, 0.2) is 0 Å². The molecule has 0 saturated carbocycles. The van der Waals surface area contributed by atoms with Gasteiger partial charge >= 0.3 is 0 Å². The predicted octanol–water partition coefficient (Wildman–Crippen LogP) is 5.47. The van der Waals surface area contributed by atoms with Gasteiger partial charge in [-0.05, 0) is 42.0 Å². The highest BCUT2D eigenvalue weighted by Gasteiger charge is 2.12. The average Bonchev–Trinajstić information content (AvgIpc) is 2.53. The number of pyridine rings is 1. The van der Waals surface area contributed by atoms with E-state index in [0.717, 1.165) is 21.9 Å². The second-order valence-electron chi connectivity index (χ2n) is 5.32. The molecule has 0 radical (unpaired) electrons. The molecule has 0 fully saturated rings. The molecule has 0 aliphatic heterocycles. The summed E-state index contributed by atoms with van der Waals surface area (Å²) in [5.41, 5.74) is 2.41. The zero-order valence-electron chi connectivity index (χ0n) is 11.9. The van der Waals surface area contributed by atoms with E-state index in [2.05, 4.69) is 4.98 Å². The number of hydrogen-bond acceptors (Lipinski definition) is 1. The first-order chi connectivity index (χ1) is 11.1. The van der Waals surface area contributed by atoms with Crippen molar-refractivity contribution in [3.63, 3.8) is 0 Å². The molecule has 0 amide bonds. The van der Waals surface area contributed by atoms with Crippen molar-refractivity contribution in [1.82, 2.24) is 4.98 Å². The molecule has 0 unspecified atom stereocenters. The molecule has 4 rings (SSSR count). The van der Waals surface area contributed by atoms with Crippen molar-refractivity contribution in [2.75, 3.05) is 0 Å². The molecule has 0 atom stereocenters. The highest BCUT2D eigenvalue weighted by molar-refractivity contribution is 6.09. The summed E-state index contributed by atoms with van der Waals surface area (Å²) in [6.07, 6.45) is 0. The minimum Gasteiger partial charge on any atom is -0.248 e. The maximum absolute atomic E-state index is 13.5. The molecule has 0 saturated heterocycles. The Hall–Kier alpha value is -2.88. The van der Waals surface area contributed by atoms with Crippen LogP contribution in [0.1, 0.15) is 0 Å². The number of nitrogens with zero attached hydrogens (tertiary/aromatic N) is 1. The highest BCUT2D eigenvalue weighted by Crippen LogP contribution is 2.35. The third kappa shape index (κ3) is 2.32. The summed E-state index contributed by atoms with van der Waals surface area (Å²) in [4.78, 5) is 4.35. The molecule has 4 aromatic rings.